The van der Waals surface area contributed by atoms with Gasteiger partial charge in [0.1, 0.15) is 0 Å². The highest BCUT2D eigenvalue weighted by Gasteiger charge is 2.24. The van der Waals surface area contributed by atoms with Crippen molar-refractivity contribution in [3.8, 4) is 0 Å². The number of aromatic amines is 1. The molecule has 1 aliphatic rings. The van der Waals surface area contributed by atoms with Crippen molar-refractivity contribution < 1.29 is 0 Å². The predicted octanol–water partition coefficient (Wildman–Crippen LogP) is 3.73. The Bertz CT molecular complexity index is 571. The summed E-state index contributed by atoms with van der Waals surface area (Å²) in [6, 6.07) is 4.64. The van der Waals surface area contributed by atoms with Gasteiger partial charge in [0.2, 0.25) is 0 Å². The number of halogens is 1. The van der Waals surface area contributed by atoms with E-state index in [0.717, 1.165) is 17.0 Å². The third-order valence-electron chi connectivity index (χ3n) is 3.91. The second-order valence-corrected chi connectivity index (χ2v) is 5.25. The number of aryl methyl sites for hydroxylation is 2. The maximum atomic E-state index is 6.19. The van der Waals surface area contributed by atoms with Crippen LogP contribution in [0.2, 0.25) is 5.02 Å². The van der Waals surface area contributed by atoms with Crippen LogP contribution in [0, 0.1) is 6.92 Å². The van der Waals surface area contributed by atoms with E-state index in [4.69, 9.17) is 11.6 Å². The lowest BCUT2D eigenvalue weighted by atomic mass is 9.90. The van der Waals surface area contributed by atoms with Gasteiger partial charge >= 0.3 is 0 Å². The van der Waals surface area contributed by atoms with Crippen LogP contribution in [0.4, 0.5) is 0 Å². The lowest BCUT2D eigenvalue weighted by Gasteiger charge is -2.22. The first-order chi connectivity index (χ1) is 8.22. The van der Waals surface area contributed by atoms with Crippen molar-refractivity contribution in [1.82, 2.24) is 10.3 Å². The van der Waals surface area contributed by atoms with Crippen molar-refractivity contribution >= 4 is 22.5 Å². The van der Waals surface area contributed by atoms with Crippen LogP contribution < -0.4 is 5.32 Å². The van der Waals surface area contributed by atoms with Gasteiger partial charge in [-0.2, -0.15) is 0 Å². The third kappa shape index (κ3) is 1.59. The first-order valence-electron chi connectivity index (χ1n) is 6.19. The molecule has 90 valence electrons. The van der Waals surface area contributed by atoms with E-state index in [1.54, 1.807) is 0 Å². The quantitative estimate of drug-likeness (QED) is 0.791. The average Bonchev–Trinajstić information content (AvgIpc) is 2.73. The highest BCUT2D eigenvalue weighted by Crippen LogP contribution is 2.37. The summed E-state index contributed by atoms with van der Waals surface area (Å²) in [4.78, 5) is 3.56. The molecule has 3 heteroatoms. The van der Waals surface area contributed by atoms with E-state index in [9.17, 15) is 0 Å². The fourth-order valence-corrected chi connectivity index (χ4v) is 3.12. The summed E-state index contributed by atoms with van der Waals surface area (Å²) in [6.45, 7) is 2.08. The molecular formula is C14H17ClN2. The highest BCUT2D eigenvalue weighted by molar-refractivity contribution is 6.32. The number of rotatable bonds is 1. The van der Waals surface area contributed by atoms with Crippen molar-refractivity contribution in [1.29, 1.82) is 0 Å². The lowest BCUT2D eigenvalue weighted by molar-refractivity contribution is 0.497. The lowest BCUT2D eigenvalue weighted by Crippen LogP contribution is -2.20. The van der Waals surface area contributed by atoms with Gasteiger partial charge in [0.05, 0.1) is 5.52 Å². The molecule has 1 aromatic heterocycles. The molecule has 1 aromatic carbocycles. The van der Waals surface area contributed by atoms with Gasteiger partial charge in [0, 0.05) is 22.1 Å². The molecule has 2 N–H and O–H groups in total. The monoisotopic (exact) mass is 248 g/mol. The fraction of sp³-hybridized carbons (Fsp3) is 0.429. The fourth-order valence-electron chi connectivity index (χ4n) is 2.96. The van der Waals surface area contributed by atoms with E-state index < -0.39 is 0 Å². The van der Waals surface area contributed by atoms with Gasteiger partial charge in [-0.05, 0) is 50.4 Å². The summed E-state index contributed by atoms with van der Waals surface area (Å²) in [5, 5.41) is 5.60. The standard InChI is InChI=1S/C14H17ClN2/c1-8-10(15)7-6-9-13-11(16-2)4-3-5-12(13)17-14(8)9/h6-7,11,16-17H,3-5H2,1-2H3. The molecule has 0 fully saturated rings. The molecule has 1 aliphatic carbocycles. The molecule has 17 heavy (non-hydrogen) atoms. The van der Waals surface area contributed by atoms with E-state index in [1.165, 1.54) is 35.0 Å². The largest absolute Gasteiger partial charge is 0.358 e. The Hall–Kier alpha value is -0.990. The van der Waals surface area contributed by atoms with Gasteiger partial charge < -0.3 is 10.3 Å². The summed E-state index contributed by atoms with van der Waals surface area (Å²) in [5.74, 6) is 0. The number of fused-ring (bicyclic) bond motifs is 3. The molecule has 0 amide bonds. The Kier molecular flexibility index (Phi) is 2.64. The molecule has 0 aliphatic heterocycles. The van der Waals surface area contributed by atoms with Gasteiger partial charge in [0.25, 0.3) is 0 Å². The van der Waals surface area contributed by atoms with Crippen molar-refractivity contribution in [2.24, 2.45) is 0 Å². The van der Waals surface area contributed by atoms with Crippen LogP contribution >= 0.6 is 11.6 Å². The van der Waals surface area contributed by atoms with Crippen LogP contribution in [-0.2, 0) is 6.42 Å². The SMILES string of the molecule is CNC1CCCc2[nH]c3c(C)c(Cl)ccc3c21. The Morgan fingerprint density at radius 1 is 1.41 bits per heavy atom. The number of hydrogen-bond acceptors (Lipinski definition) is 1. The number of benzene rings is 1. The zero-order chi connectivity index (χ0) is 12.0. The zero-order valence-corrected chi connectivity index (χ0v) is 11.0. The van der Waals surface area contributed by atoms with Crippen LogP contribution in [0.5, 0.6) is 0 Å². The van der Waals surface area contributed by atoms with Crippen LogP contribution in [-0.4, -0.2) is 12.0 Å². The van der Waals surface area contributed by atoms with Gasteiger partial charge in [-0.15, -0.1) is 0 Å². The van der Waals surface area contributed by atoms with E-state index in [2.05, 4.69) is 23.3 Å². The minimum absolute atomic E-state index is 0.480. The average molecular weight is 249 g/mol. The smallest absolute Gasteiger partial charge is 0.0504 e. The van der Waals surface area contributed by atoms with E-state index >= 15 is 0 Å². The van der Waals surface area contributed by atoms with Crippen LogP contribution in [0.1, 0.15) is 35.7 Å². The van der Waals surface area contributed by atoms with Gasteiger partial charge in [-0.1, -0.05) is 17.7 Å². The summed E-state index contributed by atoms with van der Waals surface area (Å²) in [6.07, 6.45) is 3.62. The Morgan fingerprint density at radius 2 is 2.24 bits per heavy atom. The first kappa shape index (κ1) is 11.1. The van der Waals surface area contributed by atoms with Gasteiger partial charge in [0.15, 0.2) is 0 Å². The molecule has 0 radical (unpaired) electrons. The van der Waals surface area contributed by atoms with Crippen molar-refractivity contribution in [2.45, 2.75) is 32.2 Å². The molecule has 1 heterocycles. The van der Waals surface area contributed by atoms with Crippen molar-refractivity contribution in [2.75, 3.05) is 7.05 Å². The molecule has 1 atom stereocenters. The molecule has 2 aromatic rings. The van der Waals surface area contributed by atoms with Crippen molar-refractivity contribution in [3.63, 3.8) is 0 Å². The normalized spacial score (nSPS) is 19.6. The Morgan fingerprint density at radius 3 is 3.00 bits per heavy atom. The summed E-state index contributed by atoms with van der Waals surface area (Å²) < 4.78 is 0. The van der Waals surface area contributed by atoms with Crippen molar-refractivity contribution in [3.05, 3.63) is 34.0 Å². The first-order valence-corrected chi connectivity index (χ1v) is 6.57. The molecule has 0 saturated heterocycles. The minimum Gasteiger partial charge on any atom is -0.358 e. The highest BCUT2D eigenvalue weighted by atomic mass is 35.5. The van der Waals surface area contributed by atoms with Crippen LogP contribution in [0.25, 0.3) is 10.9 Å². The minimum atomic E-state index is 0.480. The maximum Gasteiger partial charge on any atom is 0.0504 e. The molecule has 1 unspecified atom stereocenters. The number of nitrogens with one attached hydrogen (secondary N) is 2. The zero-order valence-electron chi connectivity index (χ0n) is 10.2. The predicted molar refractivity (Wildman–Crippen MR) is 72.8 cm³/mol. The third-order valence-corrected chi connectivity index (χ3v) is 4.32. The second kappa shape index (κ2) is 4.04. The number of aromatic nitrogens is 1. The summed E-state index contributed by atoms with van der Waals surface area (Å²) in [7, 11) is 2.04. The summed E-state index contributed by atoms with van der Waals surface area (Å²) in [5.41, 5.74) is 5.21. The molecular weight excluding hydrogens is 232 g/mol. The van der Waals surface area contributed by atoms with E-state index in [0.29, 0.717) is 6.04 Å². The maximum absolute atomic E-state index is 6.19. The van der Waals surface area contributed by atoms with Gasteiger partial charge in [-0.25, -0.2) is 0 Å². The molecule has 0 saturated carbocycles. The van der Waals surface area contributed by atoms with Crippen LogP contribution in [0.3, 0.4) is 0 Å². The second-order valence-electron chi connectivity index (χ2n) is 4.85. The molecule has 0 spiro atoms. The van der Waals surface area contributed by atoms with Crippen LogP contribution in [0.15, 0.2) is 12.1 Å². The Balaban J connectivity index is 2.31. The van der Waals surface area contributed by atoms with E-state index in [-0.39, 0.29) is 0 Å². The number of H-pyrrole nitrogens is 1. The molecule has 3 rings (SSSR count). The topological polar surface area (TPSA) is 27.8 Å². The Labute approximate surface area is 106 Å². The number of hydrogen-bond donors (Lipinski definition) is 2. The molecule has 0 bridgehead atoms. The van der Waals surface area contributed by atoms with E-state index in [1.807, 2.05) is 13.1 Å². The summed E-state index contributed by atoms with van der Waals surface area (Å²) >= 11 is 6.19. The van der Waals surface area contributed by atoms with Gasteiger partial charge in [-0.3, -0.25) is 0 Å². The molecule has 2 nitrogen and oxygen atoms in total.